The second kappa shape index (κ2) is 13.4. The van der Waals surface area contributed by atoms with E-state index in [1.54, 1.807) is 6.20 Å². The van der Waals surface area contributed by atoms with Crippen molar-refractivity contribution in [3.8, 4) is 17.0 Å². The smallest absolute Gasteiger partial charge is 0.308 e. The molecule has 1 amide bonds. The molecule has 2 aromatic heterocycles. The lowest BCUT2D eigenvalue weighted by Crippen LogP contribution is -2.53. The fraction of sp³-hybridized carbons (Fsp3) is 0.367. The molecule has 0 aliphatic carbocycles. The van der Waals surface area contributed by atoms with E-state index in [2.05, 4.69) is 38.9 Å². The number of thioether (sulfide) groups is 1. The molecule has 1 fully saturated rings. The minimum Gasteiger partial charge on any atom is -0.426 e. The Hall–Kier alpha value is -3.90. The SMILES string of the molecule is CSc1nccc(C(C)C)c1N=C(c1cc(F)c(-c2c(F)cccc2OC(C)=O)nc1NC=O)N1CCN(C)CC1C. The van der Waals surface area contributed by atoms with Crippen LogP contribution in [0.3, 0.4) is 0 Å². The van der Waals surface area contributed by atoms with Crippen LogP contribution in [-0.4, -0.2) is 77.0 Å². The Labute approximate surface area is 248 Å². The van der Waals surface area contributed by atoms with Crippen LogP contribution in [0, 0.1) is 11.6 Å². The number of piperazine rings is 1. The Balaban J connectivity index is 2.01. The third-order valence-electron chi connectivity index (χ3n) is 6.94. The Morgan fingerprint density at radius 3 is 2.64 bits per heavy atom. The van der Waals surface area contributed by atoms with E-state index in [4.69, 9.17) is 9.73 Å². The van der Waals surface area contributed by atoms with Gasteiger partial charge in [-0.3, -0.25) is 9.59 Å². The van der Waals surface area contributed by atoms with Gasteiger partial charge in [0.2, 0.25) is 6.41 Å². The number of anilines is 1. The summed E-state index contributed by atoms with van der Waals surface area (Å²) >= 11 is 1.45. The number of carbonyl (C=O) groups is 2. The summed E-state index contributed by atoms with van der Waals surface area (Å²) in [5.74, 6) is -2.12. The summed E-state index contributed by atoms with van der Waals surface area (Å²) in [6.07, 6.45) is 4.07. The van der Waals surface area contributed by atoms with Crippen molar-refractivity contribution in [2.45, 2.75) is 44.7 Å². The summed E-state index contributed by atoms with van der Waals surface area (Å²) in [7, 11) is 2.03. The quantitative estimate of drug-likeness (QED) is 0.0912. The standard InChI is InChI=1S/C30H34F2N6O3S/c1-17(2)20-10-11-33-30(42-6)26(20)36-29(38-13-12-37(5)15-18(38)3)21-14-23(32)27(35-28(21)34-16-39)25-22(31)8-7-9-24(25)41-19(4)40/h7-11,14,16-18H,12-13,15H2,1-6H3,(H,34,35,39). The van der Waals surface area contributed by atoms with Gasteiger partial charge in [0.15, 0.2) is 5.82 Å². The van der Waals surface area contributed by atoms with Crippen molar-refractivity contribution in [1.29, 1.82) is 0 Å². The molecule has 1 saturated heterocycles. The number of benzene rings is 1. The minimum atomic E-state index is -0.880. The number of amidine groups is 1. The summed E-state index contributed by atoms with van der Waals surface area (Å²) in [6.45, 7) is 9.35. The molecular weight excluding hydrogens is 562 g/mol. The highest BCUT2D eigenvalue weighted by molar-refractivity contribution is 7.98. The molecule has 42 heavy (non-hydrogen) atoms. The molecule has 1 aliphatic heterocycles. The molecule has 9 nitrogen and oxygen atoms in total. The normalized spacial score (nSPS) is 16.1. The Morgan fingerprint density at radius 1 is 1.24 bits per heavy atom. The topological polar surface area (TPSA) is 100 Å². The molecule has 1 N–H and O–H groups in total. The third kappa shape index (κ3) is 6.60. The number of likely N-dealkylation sites (N-methyl/N-ethyl adjacent to an activating group) is 1. The molecular formula is C30H34F2N6O3S. The van der Waals surface area contributed by atoms with Gasteiger partial charge < -0.3 is 19.9 Å². The highest BCUT2D eigenvalue weighted by Crippen LogP contribution is 2.38. The maximum absolute atomic E-state index is 16.0. The van der Waals surface area contributed by atoms with Crippen LogP contribution in [0.25, 0.3) is 11.3 Å². The molecule has 3 heterocycles. The molecule has 0 saturated carbocycles. The van der Waals surface area contributed by atoms with E-state index in [9.17, 15) is 9.59 Å². The lowest BCUT2D eigenvalue weighted by Gasteiger charge is -2.40. The van der Waals surface area contributed by atoms with Crippen molar-refractivity contribution in [3.63, 3.8) is 0 Å². The zero-order valence-corrected chi connectivity index (χ0v) is 25.3. The van der Waals surface area contributed by atoms with Crippen LogP contribution in [0.15, 0.2) is 46.5 Å². The number of halogens is 2. The monoisotopic (exact) mass is 596 g/mol. The zero-order chi connectivity index (χ0) is 30.6. The molecule has 12 heteroatoms. The van der Waals surface area contributed by atoms with Crippen LogP contribution in [0.5, 0.6) is 5.75 Å². The summed E-state index contributed by atoms with van der Waals surface area (Å²) in [5, 5.41) is 3.26. The molecule has 1 aromatic carbocycles. The maximum Gasteiger partial charge on any atom is 0.308 e. The predicted molar refractivity (Wildman–Crippen MR) is 161 cm³/mol. The van der Waals surface area contributed by atoms with Gasteiger partial charge in [0, 0.05) is 38.8 Å². The van der Waals surface area contributed by atoms with Gasteiger partial charge in [0.1, 0.15) is 39.6 Å². The lowest BCUT2D eigenvalue weighted by molar-refractivity contribution is -0.131. The molecule has 1 aliphatic rings. The van der Waals surface area contributed by atoms with Crippen molar-refractivity contribution in [2.24, 2.45) is 4.99 Å². The molecule has 1 unspecified atom stereocenters. The second-order valence-corrected chi connectivity index (χ2v) is 11.1. The summed E-state index contributed by atoms with van der Waals surface area (Å²) in [4.78, 5) is 41.7. The van der Waals surface area contributed by atoms with E-state index < -0.39 is 23.3 Å². The number of aliphatic imine (C=N–C) groups is 1. The fourth-order valence-corrected chi connectivity index (χ4v) is 5.51. The lowest BCUT2D eigenvalue weighted by atomic mass is 10.0. The van der Waals surface area contributed by atoms with E-state index in [-0.39, 0.29) is 34.7 Å². The number of nitrogens with one attached hydrogen (secondary N) is 1. The van der Waals surface area contributed by atoms with Crippen molar-refractivity contribution >= 4 is 41.5 Å². The number of pyridine rings is 2. The first-order valence-corrected chi connectivity index (χ1v) is 14.7. The average Bonchev–Trinajstić information content (AvgIpc) is 2.93. The van der Waals surface area contributed by atoms with Gasteiger partial charge in [-0.25, -0.2) is 23.7 Å². The molecule has 0 radical (unpaired) electrons. The van der Waals surface area contributed by atoms with Crippen LogP contribution in [0.1, 0.15) is 44.7 Å². The molecule has 3 aromatic rings. The molecule has 0 spiro atoms. The van der Waals surface area contributed by atoms with E-state index >= 15 is 8.78 Å². The molecule has 222 valence electrons. The number of hydrogen-bond acceptors (Lipinski definition) is 8. The van der Waals surface area contributed by atoms with Gasteiger partial charge in [-0.1, -0.05) is 19.9 Å². The van der Waals surface area contributed by atoms with Crippen molar-refractivity contribution in [1.82, 2.24) is 19.8 Å². The van der Waals surface area contributed by atoms with E-state index in [0.29, 0.717) is 29.5 Å². The summed E-state index contributed by atoms with van der Waals surface area (Å²) < 4.78 is 36.3. The van der Waals surface area contributed by atoms with Crippen LogP contribution in [0.4, 0.5) is 20.3 Å². The number of amides is 1. The van der Waals surface area contributed by atoms with Crippen LogP contribution < -0.4 is 10.1 Å². The minimum absolute atomic E-state index is 0.0200. The molecule has 4 rings (SSSR count). The van der Waals surface area contributed by atoms with E-state index in [1.807, 2.05) is 26.3 Å². The largest absolute Gasteiger partial charge is 0.426 e. The predicted octanol–water partition coefficient (Wildman–Crippen LogP) is 5.47. The molecule has 0 bridgehead atoms. The third-order valence-corrected chi connectivity index (χ3v) is 7.62. The van der Waals surface area contributed by atoms with Crippen LogP contribution >= 0.6 is 11.8 Å². The van der Waals surface area contributed by atoms with E-state index in [1.165, 1.54) is 30.0 Å². The second-order valence-electron chi connectivity index (χ2n) is 10.3. The summed E-state index contributed by atoms with van der Waals surface area (Å²) in [5.41, 5.74) is 1.07. The number of esters is 1. The number of ether oxygens (including phenoxy) is 1. The Bertz CT molecular complexity index is 1520. The number of hydrogen-bond donors (Lipinski definition) is 1. The van der Waals surface area contributed by atoms with Crippen LogP contribution in [0.2, 0.25) is 0 Å². The van der Waals surface area contributed by atoms with Crippen molar-refractivity contribution < 1.29 is 23.1 Å². The number of aromatic nitrogens is 2. The average molecular weight is 597 g/mol. The highest BCUT2D eigenvalue weighted by atomic mass is 32.2. The van der Waals surface area contributed by atoms with Gasteiger partial charge >= 0.3 is 5.97 Å². The highest BCUT2D eigenvalue weighted by Gasteiger charge is 2.30. The van der Waals surface area contributed by atoms with Crippen LogP contribution in [-0.2, 0) is 9.59 Å². The van der Waals surface area contributed by atoms with Gasteiger partial charge in [-0.2, -0.15) is 0 Å². The molecule has 1 atom stereocenters. The first-order valence-electron chi connectivity index (χ1n) is 13.5. The Morgan fingerprint density at radius 2 is 2.00 bits per heavy atom. The Kier molecular flexibility index (Phi) is 9.89. The van der Waals surface area contributed by atoms with Gasteiger partial charge in [0.25, 0.3) is 0 Å². The first-order chi connectivity index (χ1) is 20.0. The number of rotatable bonds is 8. The van der Waals surface area contributed by atoms with E-state index in [0.717, 1.165) is 31.6 Å². The first kappa shape index (κ1) is 31.0. The number of carbonyl (C=O) groups excluding carboxylic acids is 2. The fourth-order valence-electron chi connectivity index (χ4n) is 4.99. The van der Waals surface area contributed by atoms with Gasteiger partial charge in [-0.05, 0) is 56.0 Å². The maximum atomic E-state index is 16.0. The zero-order valence-electron chi connectivity index (χ0n) is 24.4. The number of nitrogens with zero attached hydrogens (tertiary/aromatic N) is 5. The van der Waals surface area contributed by atoms with Crippen molar-refractivity contribution in [2.75, 3.05) is 38.3 Å². The van der Waals surface area contributed by atoms with Gasteiger partial charge in [-0.15, -0.1) is 11.8 Å². The summed E-state index contributed by atoms with van der Waals surface area (Å²) in [6, 6.07) is 6.88. The van der Waals surface area contributed by atoms with Crippen molar-refractivity contribution in [3.05, 3.63) is 59.3 Å². The van der Waals surface area contributed by atoms with Gasteiger partial charge in [0.05, 0.1) is 11.1 Å².